The van der Waals surface area contributed by atoms with Gasteiger partial charge in [0.05, 0.1) is 11.3 Å². The Morgan fingerprint density at radius 1 is 1.06 bits per heavy atom. The van der Waals surface area contributed by atoms with E-state index in [9.17, 15) is 19.8 Å². The molecule has 3 heterocycles. The number of carbonyl (C=O) groups is 1. The van der Waals surface area contributed by atoms with Crippen molar-refractivity contribution in [1.29, 1.82) is 0 Å². The second-order valence-corrected chi connectivity index (χ2v) is 9.71. The van der Waals surface area contributed by atoms with Gasteiger partial charge in [-0.15, -0.1) is 0 Å². The average Bonchev–Trinajstić information content (AvgIpc) is 3.45. The van der Waals surface area contributed by atoms with Gasteiger partial charge in [-0.1, -0.05) is 13.8 Å². The zero-order valence-electron chi connectivity index (χ0n) is 20.6. The third-order valence-corrected chi connectivity index (χ3v) is 6.97. The van der Waals surface area contributed by atoms with E-state index in [0.29, 0.717) is 29.8 Å². The summed E-state index contributed by atoms with van der Waals surface area (Å²) < 4.78 is 3.47. The number of carbonyl (C=O) groups excluding carboxylic acids is 1. The highest BCUT2D eigenvalue weighted by Crippen LogP contribution is 2.37. The molecule has 1 aliphatic rings. The van der Waals surface area contributed by atoms with Gasteiger partial charge in [0, 0.05) is 49.2 Å². The maximum Gasteiger partial charge on any atom is 0.348 e. The summed E-state index contributed by atoms with van der Waals surface area (Å²) in [5.74, 6) is 0.295. The highest BCUT2D eigenvalue weighted by Gasteiger charge is 2.20. The number of phenolic OH excluding ortho intramolecular Hbond substituents is 2. The quantitative estimate of drug-likeness (QED) is 0.377. The maximum atomic E-state index is 12.7. The van der Waals surface area contributed by atoms with Gasteiger partial charge in [-0.3, -0.25) is 4.79 Å². The molecule has 1 aliphatic heterocycles. The summed E-state index contributed by atoms with van der Waals surface area (Å²) in [6.45, 7) is 6.17. The molecule has 5 rings (SSSR count). The van der Waals surface area contributed by atoms with Crippen LogP contribution in [-0.2, 0) is 11.3 Å². The molecular weight excluding hydrogens is 458 g/mol. The van der Waals surface area contributed by atoms with Gasteiger partial charge in [-0.05, 0) is 61.1 Å². The summed E-state index contributed by atoms with van der Waals surface area (Å²) in [5, 5.41) is 28.3. The summed E-state index contributed by atoms with van der Waals surface area (Å²) >= 11 is 0. The molecule has 188 valence electrons. The molecular formula is C27H31N5O4. The number of rotatable bonds is 6. The van der Waals surface area contributed by atoms with Crippen LogP contribution in [0.2, 0.25) is 0 Å². The molecule has 1 fully saturated rings. The molecule has 0 aliphatic carbocycles. The van der Waals surface area contributed by atoms with Crippen LogP contribution in [0.4, 0.5) is 0 Å². The Morgan fingerprint density at radius 3 is 2.58 bits per heavy atom. The van der Waals surface area contributed by atoms with E-state index in [-0.39, 0.29) is 29.1 Å². The minimum Gasteiger partial charge on any atom is -0.508 e. The van der Waals surface area contributed by atoms with Crippen LogP contribution in [0.3, 0.4) is 0 Å². The van der Waals surface area contributed by atoms with Gasteiger partial charge in [0.1, 0.15) is 11.5 Å². The van der Waals surface area contributed by atoms with E-state index in [4.69, 9.17) is 0 Å². The number of aromatic amines is 1. The van der Waals surface area contributed by atoms with E-state index >= 15 is 0 Å². The molecule has 0 atom stereocenters. The van der Waals surface area contributed by atoms with Crippen molar-refractivity contribution in [1.82, 2.24) is 24.2 Å². The Kier molecular flexibility index (Phi) is 6.30. The van der Waals surface area contributed by atoms with Crippen LogP contribution in [0.15, 0.2) is 47.4 Å². The number of piperidine rings is 1. The molecule has 2 aromatic heterocycles. The van der Waals surface area contributed by atoms with Crippen molar-refractivity contribution >= 4 is 16.8 Å². The number of hydrogen-bond acceptors (Lipinski definition) is 5. The fourth-order valence-corrected chi connectivity index (χ4v) is 4.99. The summed E-state index contributed by atoms with van der Waals surface area (Å²) in [6.07, 6.45) is 5.77. The number of phenols is 2. The second kappa shape index (κ2) is 9.56. The first-order valence-corrected chi connectivity index (χ1v) is 12.4. The van der Waals surface area contributed by atoms with E-state index < -0.39 is 5.69 Å². The number of likely N-dealkylation sites (tertiary alicyclic amines) is 1. The van der Waals surface area contributed by atoms with E-state index in [1.165, 1.54) is 17.1 Å². The molecule has 0 saturated carbocycles. The number of nitrogens with one attached hydrogen (secondary N) is 1. The summed E-state index contributed by atoms with van der Waals surface area (Å²) in [5.41, 5.74) is 2.13. The van der Waals surface area contributed by atoms with Crippen molar-refractivity contribution in [3.63, 3.8) is 0 Å². The molecule has 0 unspecified atom stereocenters. The van der Waals surface area contributed by atoms with Crippen LogP contribution >= 0.6 is 0 Å². The molecule has 0 spiro atoms. The fourth-order valence-electron chi connectivity index (χ4n) is 4.99. The Bertz CT molecular complexity index is 1470. The van der Waals surface area contributed by atoms with Crippen LogP contribution < -0.4 is 5.69 Å². The van der Waals surface area contributed by atoms with E-state index in [2.05, 4.69) is 14.8 Å². The number of aromatic nitrogens is 4. The predicted octanol–water partition coefficient (Wildman–Crippen LogP) is 4.12. The van der Waals surface area contributed by atoms with Crippen LogP contribution in [0, 0.1) is 0 Å². The van der Waals surface area contributed by atoms with Crippen LogP contribution in [0.1, 0.15) is 51.0 Å². The van der Waals surface area contributed by atoms with Gasteiger partial charge in [0.15, 0.2) is 5.82 Å². The standard InChI is InChI=1S/C27H31N5O4/c1-17(2)20-15-21(24(34)16-23(20)33)26-28-29-27(36)32(26)19-6-7-22-18(14-19)8-12-30(22)13-9-25(35)31-10-4-3-5-11-31/h6-8,12,14-17,33-34H,3-5,9-11,13H2,1-2H3,(H,29,36). The van der Waals surface area contributed by atoms with Crippen molar-refractivity contribution in [3.05, 3.63) is 58.6 Å². The minimum atomic E-state index is -0.436. The summed E-state index contributed by atoms with van der Waals surface area (Å²) in [7, 11) is 0. The van der Waals surface area contributed by atoms with Crippen molar-refractivity contribution in [3.8, 4) is 28.6 Å². The zero-order chi connectivity index (χ0) is 25.4. The first-order valence-electron chi connectivity index (χ1n) is 12.4. The normalized spacial score (nSPS) is 14.1. The Morgan fingerprint density at radius 2 is 1.83 bits per heavy atom. The lowest BCUT2D eigenvalue weighted by Crippen LogP contribution is -2.35. The van der Waals surface area contributed by atoms with Gasteiger partial charge in [0.2, 0.25) is 5.91 Å². The third-order valence-electron chi connectivity index (χ3n) is 6.97. The number of benzene rings is 2. The van der Waals surface area contributed by atoms with Crippen molar-refractivity contribution in [2.24, 2.45) is 0 Å². The topological polar surface area (TPSA) is 116 Å². The number of H-pyrrole nitrogens is 1. The van der Waals surface area contributed by atoms with E-state index in [1.807, 2.05) is 49.2 Å². The van der Waals surface area contributed by atoms with Crippen LogP contribution in [0.25, 0.3) is 28.0 Å². The van der Waals surface area contributed by atoms with E-state index in [0.717, 1.165) is 36.8 Å². The SMILES string of the molecule is CC(C)c1cc(-c2n[nH]c(=O)n2-c2ccc3c(ccn3CCC(=O)N3CCCCC3)c2)c(O)cc1O. The lowest BCUT2D eigenvalue weighted by atomic mass is 9.98. The minimum absolute atomic E-state index is 0.00258. The lowest BCUT2D eigenvalue weighted by Gasteiger charge is -2.26. The molecule has 9 heteroatoms. The van der Waals surface area contributed by atoms with Gasteiger partial charge < -0.3 is 19.7 Å². The number of aromatic hydroxyl groups is 2. The molecule has 1 saturated heterocycles. The number of fused-ring (bicyclic) bond motifs is 1. The highest BCUT2D eigenvalue weighted by atomic mass is 16.3. The zero-order valence-corrected chi connectivity index (χ0v) is 20.6. The van der Waals surface area contributed by atoms with Crippen LogP contribution in [0.5, 0.6) is 11.5 Å². The fraction of sp³-hybridized carbons (Fsp3) is 0.370. The molecule has 9 nitrogen and oxygen atoms in total. The largest absolute Gasteiger partial charge is 0.508 e. The van der Waals surface area contributed by atoms with Crippen molar-refractivity contribution < 1.29 is 15.0 Å². The van der Waals surface area contributed by atoms with Gasteiger partial charge >= 0.3 is 5.69 Å². The molecule has 0 radical (unpaired) electrons. The Labute approximate surface area is 208 Å². The monoisotopic (exact) mass is 489 g/mol. The third kappa shape index (κ3) is 4.36. The second-order valence-electron chi connectivity index (χ2n) is 9.71. The average molecular weight is 490 g/mol. The number of amides is 1. The molecule has 2 aromatic carbocycles. The van der Waals surface area contributed by atoms with E-state index in [1.54, 1.807) is 6.07 Å². The van der Waals surface area contributed by atoms with Gasteiger partial charge in [-0.2, -0.15) is 5.10 Å². The predicted molar refractivity (Wildman–Crippen MR) is 138 cm³/mol. The lowest BCUT2D eigenvalue weighted by molar-refractivity contribution is -0.132. The van der Waals surface area contributed by atoms with Crippen molar-refractivity contribution in [2.75, 3.05) is 13.1 Å². The van der Waals surface area contributed by atoms with Crippen molar-refractivity contribution in [2.45, 2.75) is 52.0 Å². The molecule has 4 aromatic rings. The Hall–Kier alpha value is -4.01. The molecule has 1 amide bonds. The maximum absolute atomic E-state index is 12.7. The summed E-state index contributed by atoms with van der Waals surface area (Å²) in [4.78, 5) is 27.3. The molecule has 0 bridgehead atoms. The number of nitrogens with zero attached hydrogens (tertiary/aromatic N) is 4. The molecule has 3 N–H and O–H groups in total. The first-order chi connectivity index (χ1) is 17.3. The van der Waals surface area contributed by atoms with Gasteiger partial charge in [0.25, 0.3) is 0 Å². The number of hydrogen-bond donors (Lipinski definition) is 3. The number of aryl methyl sites for hydroxylation is 1. The summed E-state index contributed by atoms with van der Waals surface area (Å²) in [6, 6.07) is 10.5. The highest BCUT2D eigenvalue weighted by molar-refractivity contribution is 5.83. The first kappa shape index (κ1) is 23.7. The molecule has 36 heavy (non-hydrogen) atoms. The van der Waals surface area contributed by atoms with Gasteiger partial charge in [-0.25, -0.2) is 14.5 Å². The smallest absolute Gasteiger partial charge is 0.348 e. The van der Waals surface area contributed by atoms with Crippen LogP contribution in [-0.4, -0.2) is 53.4 Å². The Balaban J connectivity index is 1.45.